The summed E-state index contributed by atoms with van der Waals surface area (Å²) in [6.07, 6.45) is 1.53. The number of hydrogen-bond donors (Lipinski definition) is 0. The SMILES string of the molecule is COC(=O)c1ccc(/C=N/OCCOc2ccccc2C(C)=O)cc1. The van der Waals surface area contributed by atoms with Crippen LogP contribution < -0.4 is 4.74 Å². The van der Waals surface area contributed by atoms with Crippen molar-refractivity contribution in [2.75, 3.05) is 20.3 Å². The number of nitrogens with zero attached hydrogens (tertiary/aromatic N) is 1. The number of carbonyl (C=O) groups is 2. The van der Waals surface area contributed by atoms with Gasteiger partial charge in [-0.15, -0.1) is 0 Å². The summed E-state index contributed by atoms with van der Waals surface area (Å²) in [6, 6.07) is 13.8. The maximum absolute atomic E-state index is 11.5. The van der Waals surface area contributed by atoms with Crippen molar-refractivity contribution in [3.63, 3.8) is 0 Å². The van der Waals surface area contributed by atoms with E-state index in [4.69, 9.17) is 9.57 Å². The van der Waals surface area contributed by atoms with Crippen LogP contribution in [-0.2, 0) is 9.57 Å². The molecule has 0 N–H and O–H groups in total. The fraction of sp³-hybridized carbons (Fsp3) is 0.211. The number of carbonyl (C=O) groups excluding carboxylic acids is 2. The number of rotatable bonds is 8. The zero-order valence-corrected chi connectivity index (χ0v) is 14.1. The average molecular weight is 341 g/mol. The molecule has 130 valence electrons. The number of methoxy groups -OCH3 is 1. The lowest BCUT2D eigenvalue weighted by atomic mass is 10.1. The van der Waals surface area contributed by atoms with Gasteiger partial charge in [-0.05, 0) is 36.8 Å². The number of ether oxygens (including phenoxy) is 2. The zero-order chi connectivity index (χ0) is 18.1. The van der Waals surface area contributed by atoms with Gasteiger partial charge in [0.05, 0.1) is 24.5 Å². The molecule has 2 aromatic rings. The van der Waals surface area contributed by atoms with E-state index < -0.39 is 0 Å². The average Bonchev–Trinajstić information content (AvgIpc) is 2.64. The largest absolute Gasteiger partial charge is 0.489 e. The Morgan fingerprint density at radius 1 is 1.04 bits per heavy atom. The van der Waals surface area contributed by atoms with Crippen LogP contribution in [0.3, 0.4) is 0 Å². The molecule has 0 aliphatic rings. The van der Waals surface area contributed by atoms with E-state index in [1.165, 1.54) is 20.2 Å². The Labute approximate surface area is 146 Å². The van der Waals surface area contributed by atoms with Gasteiger partial charge in [-0.3, -0.25) is 4.79 Å². The summed E-state index contributed by atoms with van der Waals surface area (Å²) < 4.78 is 10.2. The van der Waals surface area contributed by atoms with Crippen molar-refractivity contribution < 1.29 is 23.9 Å². The van der Waals surface area contributed by atoms with Crippen molar-refractivity contribution in [3.8, 4) is 5.75 Å². The van der Waals surface area contributed by atoms with Gasteiger partial charge in [0.2, 0.25) is 0 Å². The van der Waals surface area contributed by atoms with Crippen LogP contribution in [0.15, 0.2) is 53.7 Å². The summed E-state index contributed by atoms with van der Waals surface area (Å²) in [6.45, 7) is 2.00. The molecular weight excluding hydrogens is 322 g/mol. The zero-order valence-electron chi connectivity index (χ0n) is 14.1. The molecule has 2 rings (SSSR count). The molecule has 0 aromatic heterocycles. The third kappa shape index (κ3) is 5.46. The molecule has 0 spiro atoms. The summed E-state index contributed by atoms with van der Waals surface area (Å²) in [5, 5.41) is 3.84. The van der Waals surface area contributed by atoms with E-state index in [1.54, 1.807) is 48.5 Å². The van der Waals surface area contributed by atoms with E-state index in [9.17, 15) is 9.59 Å². The topological polar surface area (TPSA) is 74.2 Å². The van der Waals surface area contributed by atoms with Crippen LogP contribution in [0.25, 0.3) is 0 Å². The molecule has 0 saturated heterocycles. The van der Waals surface area contributed by atoms with Crippen LogP contribution in [0.1, 0.15) is 33.2 Å². The highest BCUT2D eigenvalue weighted by atomic mass is 16.6. The Morgan fingerprint density at radius 2 is 1.76 bits per heavy atom. The predicted molar refractivity (Wildman–Crippen MR) is 93.3 cm³/mol. The first kappa shape index (κ1) is 18.2. The van der Waals surface area contributed by atoms with Gasteiger partial charge in [0.15, 0.2) is 12.4 Å². The molecule has 0 aliphatic heterocycles. The van der Waals surface area contributed by atoms with Crippen LogP contribution in [0, 0.1) is 0 Å². The van der Waals surface area contributed by atoms with Crippen molar-refractivity contribution in [3.05, 3.63) is 65.2 Å². The molecule has 0 amide bonds. The molecule has 0 unspecified atom stereocenters. The van der Waals surface area contributed by atoms with E-state index in [-0.39, 0.29) is 25.0 Å². The second-order valence-electron chi connectivity index (χ2n) is 5.08. The van der Waals surface area contributed by atoms with E-state index in [0.29, 0.717) is 16.9 Å². The lowest BCUT2D eigenvalue weighted by Gasteiger charge is -2.08. The van der Waals surface area contributed by atoms with Gasteiger partial charge >= 0.3 is 5.97 Å². The third-order valence-corrected chi connectivity index (χ3v) is 3.31. The first-order valence-corrected chi connectivity index (χ1v) is 7.68. The van der Waals surface area contributed by atoms with Crippen molar-refractivity contribution in [2.45, 2.75) is 6.92 Å². The van der Waals surface area contributed by atoms with E-state index in [2.05, 4.69) is 9.89 Å². The standard InChI is InChI=1S/C19H19NO5/c1-14(21)17-5-3-4-6-18(17)24-11-12-25-20-13-15-7-9-16(10-8-15)19(22)23-2/h3-10,13H,11-12H2,1-2H3/b20-13+. The lowest BCUT2D eigenvalue weighted by molar-refractivity contribution is 0.0600. The van der Waals surface area contributed by atoms with Gasteiger partial charge in [0.1, 0.15) is 12.4 Å². The minimum atomic E-state index is -0.386. The summed E-state index contributed by atoms with van der Waals surface area (Å²) in [5.74, 6) is 0.0913. The van der Waals surface area contributed by atoms with E-state index in [0.717, 1.165) is 5.56 Å². The normalized spacial score (nSPS) is 10.5. The summed E-state index contributed by atoms with van der Waals surface area (Å²) in [7, 11) is 1.34. The molecule has 0 fully saturated rings. The van der Waals surface area contributed by atoms with Crippen LogP contribution >= 0.6 is 0 Å². The maximum Gasteiger partial charge on any atom is 0.337 e. The molecule has 0 bridgehead atoms. The highest BCUT2D eigenvalue weighted by Crippen LogP contribution is 2.18. The summed E-state index contributed by atoms with van der Waals surface area (Å²) >= 11 is 0. The highest BCUT2D eigenvalue weighted by molar-refractivity contribution is 5.96. The van der Waals surface area contributed by atoms with Gasteiger partial charge in [0.25, 0.3) is 0 Å². The van der Waals surface area contributed by atoms with Crippen molar-refractivity contribution in [1.82, 2.24) is 0 Å². The number of para-hydroxylation sites is 1. The second kappa shape index (κ2) is 9.22. The number of ketones is 1. The predicted octanol–water partition coefficient (Wildman–Crippen LogP) is 3.11. The lowest BCUT2D eigenvalue weighted by Crippen LogP contribution is -2.07. The Hall–Kier alpha value is -3.15. The quantitative estimate of drug-likeness (QED) is 0.242. The highest BCUT2D eigenvalue weighted by Gasteiger charge is 2.07. The van der Waals surface area contributed by atoms with Crippen molar-refractivity contribution in [2.24, 2.45) is 5.16 Å². The Morgan fingerprint density at radius 3 is 2.44 bits per heavy atom. The fourth-order valence-electron chi connectivity index (χ4n) is 2.05. The minimum Gasteiger partial charge on any atom is -0.489 e. The van der Waals surface area contributed by atoms with Crippen molar-refractivity contribution >= 4 is 18.0 Å². The minimum absolute atomic E-state index is 0.0510. The number of oxime groups is 1. The molecule has 0 aliphatic carbocycles. The van der Waals surface area contributed by atoms with Gasteiger partial charge in [-0.2, -0.15) is 0 Å². The molecular formula is C19H19NO5. The van der Waals surface area contributed by atoms with E-state index >= 15 is 0 Å². The first-order valence-electron chi connectivity index (χ1n) is 7.68. The second-order valence-corrected chi connectivity index (χ2v) is 5.08. The van der Waals surface area contributed by atoms with Crippen LogP contribution in [0.2, 0.25) is 0 Å². The molecule has 2 aromatic carbocycles. The van der Waals surface area contributed by atoms with Crippen LogP contribution in [-0.4, -0.2) is 38.3 Å². The maximum atomic E-state index is 11.5. The molecule has 6 nitrogen and oxygen atoms in total. The van der Waals surface area contributed by atoms with E-state index in [1.807, 2.05) is 0 Å². The van der Waals surface area contributed by atoms with Crippen molar-refractivity contribution in [1.29, 1.82) is 0 Å². The number of esters is 1. The van der Waals surface area contributed by atoms with Gasteiger partial charge in [-0.25, -0.2) is 4.79 Å². The Kier molecular flexibility index (Phi) is 6.71. The van der Waals surface area contributed by atoms with Gasteiger partial charge in [-0.1, -0.05) is 29.4 Å². The third-order valence-electron chi connectivity index (χ3n) is 3.31. The fourth-order valence-corrected chi connectivity index (χ4v) is 2.05. The Balaban J connectivity index is 1.77. The molecule has 0 radical (unpaired) electrons. The summed E-state index contributed by atoms with van der Waals surface area (Å²) in [4.78, 5) is 27.9. The monoisotopic (exact) mass is 341 g/mol. The Bertz CT molecular complexity index is 753. The van der Waals surface area contributed by atoms with Crippen LogP contribution in [0.5, 0.6) is 5.75 Å². The molecule has 0 saturated carbocycles. The molecule has 25 heavy (non-hydrogen) atoms. The molecule has 6 heteroatoms. The number of Topliss-reactive ketones (excluding diaryl/α,β-unsaturated/α-hetero) is 1. The smallest absolute Gasteiger partial charge is 0.337 e. The van der Waals surface area contributed by atoms with Crippen LogP contribution in [0.4, 0.5) is 0 Å². The molecule has 0 atom stereocenters. The number of benzene rings is 2. The first-order chi connectivity index (χ1) is 12.1. The molecule has 0 heterocycles. The van der Waals surface area contributed by atoms with Gasteiger partial charge in [0, 0.05) is 0 Å². The summed E-state index contributed by atoms with van der Waals surface area (Å²) in [5.41, 5.74) is 1.80. The van der Waals surface area contributed by atoms with Gasteiger partial charge < -0.3 is 14.3 Å². The number of hydrogen-bond acceptors (Lipinski definition) is 6.